The molecular weight excluding hydrogens is 396 g/mol. The van der Waals surface area contributed by atoms with Crippen LogP contribution in [-0.4, -0.2) is 38.8 Å². The molecule has 0 aliphatic rings. The number of anilines is 1. The maximum Gasteiger partial charge on any atom is 0.262 e. The summed E-state index contributed by atoms with van der Waals surface area (Å²) in [6, 6.07) is 10.1. The highest BCUT2D eigenvalue weighted by atomic mass is 32.2. The van der Waals surface area contributed by atoms with Gasteiger partial charge in [-0.1, -0.05) is 11.2 Å². The van der Waals surface area contributed by atoms with Crippen molar-refractivity contribution in [2.24, 2.45) is 0 Å². The maximum absolute atomic E-state index is 12.9. The van der Waals surface area contributed by atoms with Crippen molar-refractivity contribution in [3.63, 3.8) is 0 Å². The lowest BCUT2D eigenvalue weighted by Crippen LogP contribution is -2.15. The van der Waals surface area contributed by atoms with Gasteiger partial charge >= 0.3 is 0 Å². The first-order chi connectivity index (χ1) is 14.1. The SMILES string of the molecule is COc1cccc(O)c1[S+]([O-])Nc1noc2cc(Cn3cccn3)cc(OC)c12. The third kappa shape index (κ3) is 3.67. The Bertz CT molecular complexity index is 1130. The van der Waals surface area contributed by atoms with Crippen LogP contribution in [0.15, 0.2) is 58.2 Å². The van der Waals surface area contributed by atoms with E-state index in [1.54, 1.807) is 23.0 Å². The number of fused-ring (bicyclic) bond motifs is 1. The summed E-state index contributed by atoms with van der Waals surface area (Å²) in [6.07, 6.45) is 3.56. The number of rotatable bonds is 7. The van der Waals surface area contributed by atoms with Crippen LogP contribution in [-0.2, 0) is 17.9 Å². The van der Waals surface area contributed by atoms with E-state index in [9.17, 15) is 9.66 Å². The van der Waals surface area contributed by atoms with Gasteiger partial charge in [0, 0.05) is 12.4 Å². The van der Waals surface area contributed by atoms with E-state index in [4.69, 9.17) is 14.0 Å². The van der Waals surface area contributed by atoms with Crippen molar-refractivity contribution in [1.29, 1.82) is 0 Å². The topological polar surface area (TPSA) is 118 Å². The Morgan fingerprint density at radius 2 is 2.03 bits per heavy atom. The number of nitrogens with zero attached hydrogens (tertiary/aromatic N) is 3. The second-order valence-corrected chi connectivity index (χ2v) is 7.24. The fourth-order valence-electron chi connectivity index (χ4n) is 2.98. The summed E-state index contributed by atoms with van der Waals surface area (Å²) < 4.78 is 33.5. The molecule has 0 fully saturated rings. The van der Waals surface area contributed by atoms with E-state index >= 15 is 0 Å². The molecule has 0 saturated carbocycles. The average Bonchev–Trinajstić information content (AvgIpc) is 3.37. The average molecular weight is 414 g/mol. The predicted octanol–water partition coefficient (Wildman–Crippen LogP) is 2.93. The van der Waals surface area contributed by atoms with Crippen molar-refractivity contribution in [3.05, 3.63) is 54.4 Å². The quantitative estimate of drug-likeness (QED) is 0.443. The number of aromatic nitrogens is 3. The molecule has 0 bridgehead atoms. The van der Waals surface area contributed by atoms with Gasteiger partial charge in [-0.2, -0.15) is 9.82 Å². The van der Waals surface area contributed by atoms with Gasteiger partial charge in [-0.05, 0) is 35.9 Å². The fourth-order valence-corrected chi connectivity index (χ4v) is 3.99. The van der Waals surface area contributed by atoms with E-state index in [2.05, 4.69) is 15.0 Å². The number of hydrogen-bond donors (Lipinski definition) is 2. The smallest absolute Gasteiger partial charge is 0.262 e. The molecule has 2 aromatic heterocycles. The fraction of sp³-hybridized carbons (Fsp3) is 0.158. The normalized spacial score (nSPS) is 12.1. The van der Waals surface area contributed by atoms with Crippen LogP contribution in [0.25, 0.3) is 11.0 Å². The van der Waals surface area contributed by atoms with Crippen molar-refractivity contribution in [1.82, 2.24) is 14.9 Å². The van der Waals surface area contributed by atoms with Gasteiger partial charge in [0.2, 0.25) is 5.82 Å². The number of ether oxygens (including phenoxy) is 2. The Kier molecular flexibility index (Phi) is 5.19. The van der Waals surface area contributed by atoms with Crippen LogP contribution in [0, 0.1) is 0 Å². The van der Waals surface area contributed by atoms with E-state index in [1.807, 2.05) is 24.4 Å². The molecule has 0 radical (unpaired) electrons. The highest BCUT2D eigenvalue weighted by molar-refractivity contribution is 7.93. The third-order valence-corrected chi connectivity index (χ3v) is 5.43. The van der Waals surface area contributed by atoms with Crippen molar-refractivity contribution in [2.75, 3.05) is 18.9 Å². The molecule has 0 aliphatic carbocycles. The van der Waals surface area contributed by atoms with Crippen LogP contribution in [0.3, 0.4) is 0 Å². The number of nitrogens with one attached hydrogen (secondary N) is 1. The van der Waals surface area contributed by atoms with Gasteiger partial charge in [0.15, 0.2) is 17.1 Å². The van der Waals surface area contributed by atoms with Crippen molar-refractivity contribution in [2.45, 2.75) is 11.4 Å². The second-order valence-electron chi connectivity index (χ2n) is 6.09. The van der Waals surface area contributed by atoms with Gasteiger partial charge in [0.25, 0.3) is 4.90 Å². The Morgan fingerprint density at radius 1 is 1.21 bits per heavy atom. The van der Waals surface area contributed by atoms with E-state index in [0.717, 1.165) is 5.56 Å². The van der Waals surface area contributed by atoms with Crippen molar-refractivity contribution in [3.8, 4) is 17.2 Å². The van der Waals surface area contributed by atoms with Gasteiger partial charge in [0.1, 0.15) is 22.5 Å². The lowest BCUT2D eigenvalue weighted by Gasteiger charge is -2.14. The van der Waals surface area contributed by atoms with Crippen molar-refractivity contribution >= 4 is 28.1 Å². The Morgan fingerprint density at radius 3 is 2.76 bits per heavy atom. The molecule has 150 valence electrons. The zero-order valence-corrected chi connectivity index (χ0v) is 16.5. The second kappa shape index (κ2) is 7.94. The number of hydrogen-bond acceptors (Lipinski definition) is 8. The van der Waals surface area contributed by atoms with Crippen LogP contribution < -0.4 is 14.2 Å². The molecular formula is C19H18N4O5S. The number of aromatic hydroxyl groups is 1. The predicted molar refractivity (Wildman–Crippen MR) is 107 cm³/mol. The van der Waals surface area contributed by atoms with Crippen LogP contribution in [0.2, 0.25) is 0 Å². The lowest BCUT2D eigenvalue weighted by molar-refractivity contribution is 0.388. The molecule has 0 saturated heterocycles. The summed E-state index contributed by atoms with van der Waals surface area (Å²) in [7, 11) is 2.97. The number of phenolic OH excluding ortho intramolecular Hbond substituents is 1. The summed E-state index contributed by atoms with van der Waals surface area (Å²) in [5.74, 6) is 0.870. The molecule has 9 nitrogen and oxygen atoms in total. The van der Waals surface area contributed by atoms with Gasteiger partial charge in [0.05, 0.1) is 20.8 Å². The molecule has 0 spiro atoms. The number of methoxy groups -OCH3 is 2. The summed E-state index contributed by atoms with van der Waals surface area (Å²) in [5, 5.41) is 18.8. The summed E-state index contributed by atoms with van der Waals surface area (Å²) in [6.45, 7) is 0.532. The highest BCUT2D eigenvalue weighted by Crippen LogP contribution is 2.37. The first kappa shape index (κ1) is 19.0. The van der Waals surface area contributed by atoms with Gasteiger partial charge < -0.3 is 23.7 Å². The zero-order valence-electron chi connectivity index (χ0n) is 15.7. The molecule has 4 rings (SSSR count). The van der Waals surface area contributed by atoms with Crippen LogP contribution >= 0.6 is 0 Å². The van der Waals surface area contributed by atoms with Crippen LogP contribution in [0.4, 0.5) is 5.82 Å². The molecule has 2 N–H and O–H groups in total. The largest absolute Gasteiger partial charge is 0.588 e. The standard InChI is InChI=1S/C19H18N4O5S/c1-26-14-6-3-5-13(24)18(14)29(25)22-19-17-15(27-2)9-12(10-16(17)28-21-19)11-23-8-4-7-20-23/h3-10,24H,11H2,1-2H3,(H,21,22). The molecule has 1 atom stereocenters. The lowest BCUT2D eigenvalue weighted by atomic mass is 10.1. The van der Waals surface area contributed by atoms with E-state index in [0.29, 0.717) is 23.3 Å². The van der Waals surface area contributed by atoms with Crippen molar-refractivity contribution < 1.29 is 23.7 Å². The number of benzene rings is 2. The minimum absolute atomic E-state index is 0.111. The minimum atomic E-state index is -1.85. The molecule has 0 amide bonds. The summed E-state index contributed by atoms with van der Waals surface area (Å²) >= 11 is -1.85. The molecule has 4 aromatic rings. The zero-order chi connectivity index (χ0) is 20.4. The molecule has 0 aliphatic heterocycles. The molecule has 2 heterocycles. The highest BCUT2D eigenvalue weighted by Gasteiger charge is 2.26. The minimum Gasteiger partial charge on any atom is -0.588 e. The van der Waals surface area contributed by atoms with Crippen LogP contribution in [0.5, 0.6) is 17.2 Å². The molecule has 2 aromatic carbocycles. The van der Waals surface area contributed by atoms with E-state index in [1.165, 1.54) is 20.3 Å². The Balaban J connectivity index is 1.68. The first-order valence-electron chi connectivity index (χ1n) is 8.59. The number of phenols is 1. The van der Waals surface area contributed by atoms with Crippen LogP contribution in [0.1, 0.15) is 5.56 Å². The maximum atomic E-state index is 12.9. The Hall–Kier alpha value is -3.37. The van der Waals surface area contributed by atoms with Gasteiger partial charge in [-0.15, -0.1) is 0 Å². The van der Waals surface area contributed by atoms with E-state index in [-0.39, 0.29) is 22.2 Å². The monoisotopic (exact) mass is 414 g/mol. The first-order valence-corrected chi connectivity index (χ1v) is 9.73. The summed E-state index contributed by atoms with van der Waals surface area (Å²) in [5.41, 5.74) is 1.37. The third-order valence-electron chi connectivity index (χ3n) is 4.27. The van der Waals surface area contributed by atoms with Gasteiger partial charge in [-0.3, -0.25) is 4.68 Å². The molecule has 10 heteroatoms. The van der Waals surface area contributed by atoms with E-state index < -0.39 is 11.4 Å². The molecule has 1 unspecified atom stereocenters. The van der Waals surface area contributed by atoms with Gasteiger partial charge in [-0.25, -0.2) is 0 Å². The molecule has 29 heavy (non-hydrogen) atoms. The Labute approximate surface area is 169 Å². The summed E-state index contributed by atoms with van der Waals surface area (Å²) in [4.78, 5) is 0.111.